The van der Waals surface area contributed by atoms with Crippen LogP contribution in [0.1, 0.15) is 5.56 Å². The fraction of sp³-hybridized carbons (Fsp3) is 0.125. The molecular formula is C8H7F2NO2. The van der Waals surface area contributed by atoms with Gasteiger partial charge in [0.2, 0.25) is 0 Å². The molecule has 0 bridgehead atoms. The molecule has 0 atom stereocenters. The predicted octanol–water partition coefficient (Wildman–Crippen LogP) is 1.78. The largest absolute Gasteiger partial charge is 0.496 e. The van der Waals surface area contributed by atoms with Crippen LogP contribution in [-0.2, 0) is 0 Å². The summed E-state index contributed by atoms with van der Waals surface area (Å²) >= 11 is 0. The summed E-state index contributed by atoms with van der Waals surface area (Å²) in [5.74, 6) is -1.60. The summed E-state index contributed by atoms with van der Waals surface area (Å²) < 4.78 is 30.2. The van der Waals surface area contributed by atoms with Gasteiger partial charge in [0.1, 0.15) is 17.4 Å². The van der Waals surface area contributed by atoms with Crippen LogP contribution in [0.5, 0.6) is 5.75 Å². The molecule has 0 spiro atoms. The molecular weight excluding hydrogens is 180 g/mol. The Kier molecular flexibility index (Phi) is 2.79. The molecule has 70 valence electrons. The summed E-state index contributed by atoms with van der Waals surface area (Å²) in [6.07, 6.45) is 0.841. The maximum atomic E-state index is 13.0. The van der Waals surface area contributed by atoms with E-state index in [4.69, 9.17) is 5.21 Å². The van der Waals surface area contributed by atoms with Crippen LogP contribution in [0, 0.1) is 11.6 Å². The summed E-state index contributed by atoms with van der Waals surface area (Å²) in [5.41, 5.74) is -0.0913. The average molecular weight is 187 g/mol. The minimum Gasteiger partial charge on any atom is -0.496 e. The third-order valence-corrected chi connectivity index (χ3v) is 1.46. The first kappa shape index (κ1) is 9.44. The molecule has 5 heteroatoms. The number of ether oxygens (including phenoxy) is 1. The number of methoxy groups -OCH3 is 1. The SMILES string of the molecule is COc1cc(F)cc(F)c1C=NO. The summed E-state index contributed by atoms with van der Waals surface area (Å²) in [6.45, 7) is 0. The molecule has 1 N–H and O–H groups in total. The molecule has 0 saturated carbocycles. The van der Waals surface area contributed by atoms with Gasteiger partial charge in [-0.25, -0.2) is 8.78 Å². The maximum absolute atomic E-state index is 13.0. The van der Waals surface area contributed by atoms with E-state index in [0.717, 1.165) is 12.3 Å². The standard InChI is InChI=1S/C8H7F2NO2/c1-13-8-3-5(9)2-7(10)6(8)4-11-12/h2-4,12H,1H3. The van der Waals surface area contributed by atoms with Crippen molar-refractivity contribution >= 4 is 6.21 Å². The van der Waals surface area contributed by atoms with Crippen molar-refractivity contribution in [3.63, 3.8) is 0 Å². The topological polar surface area (TPSA) is 41.8 Å². The number of nitrogens with zero attached hydrogens (tertiary/aromatic N) is 1. The van der Waals surface area contributed by atoms with Gasteiger partial charge in [0.15, 0.2) is 0 Å². The Balaban J connectivity index is 3.29. The van der Waals surface area contributed by atoms with Gasteiger partial charge in [-0.05, 0) is 0 Å². The molecule has 1 aromatic carbocycles. The van der Waals surface area contributed by atoms with Gasteiger partial charge >= 0.3 is 0 Å². The molecule has 0 radical (unpaired) electrons. The van der Waals surface area contributed by atoms with Crippen molar-refractivity contribution in [1.82, 2.24) is 0 Å². The quantitative estimate of drug-likeness (QED) is 0.435. The molecule has 13 heavy (non-hydrogen) atoms. The van der Waals surface area contributed by atoms with E-state index >= 15 is 0 Å². The first-order valence-corrected chi connectivity index (χ1v) is 3.39. The van der Waals surface area contributed by atoms with E-state index < -0.39 is 11.6 Å². The summed E-state index contributed by atoms with van der Waals surface area (Å²) in [7, 11) is 1.27. The van der Waals surface area contributed by atoms with Crippen molar-refractivity contribution in [3.8, 4) is 5.75 Å². The number of benzene rings is 1. The zero-order valence-electron chi connectivity index (χ0n) is 6.79. The first-order valence-electron chi connectivity index (χ1n) is 3.39. The van der Waals surface area contributed by atoms with Gasteiger partial charge in [-0.3, -0.25) is 0 Å². The molecule has 0 aliphatic heterocycles. The van der Waals surface area contributed by atoms with E-state index in [-0.39, 0.29) is 11.3 Å². The van der Waals surface area contributed by atoms with Crippen LogP contribution in [0.4, 0.5) is 8.78 Å². The van der Waals surface area contributed by atoms with Crippen LogP contribution in [0.25, 0.3) is 0 Å². The lowest BCUT2D eigenvalue weighted by atomic mass is 10.2. The van der Waals surface area contributed by atoms with Gasteiger partial charge in [0, 0.05) is 12.1 Å². The molecule has 0 aromatic heterocycles. The third-order valence-electron chi connectivity index (χ3n) is 1.46. The molecule has 0 aliphatic carbocycles. The highest BCUT2D eigenvalue weighted by Crippen LogP contribution is 2.21. The normalized spacial score (nSPS) is 10.7. The van der Waals surface area contributed by atoms with Crippen molar-refractivity contribution in [2.75, 3.05) is 7.11 Å². The molecule has 1 aromatic rings. The second-order valence-electron chi connectivity index (χ2n) is 2.25. The van der Waals surface area contributed by atoms with E-state index in [0.29, 0.717) is 6.07 Å². The first-order chi connectivity index (χ1) is 6.19. The Labute approximate surface area is 73.2 Å². The molecule has 0 amide bonds. The molecule has 0 aliphatic rings. The van der Waals surface area contributed by atoms with Gasteiger partial charge in [0.05, 0.1) is 18.9 Å². The summed E-state index contributed by atoms with van der Waals surface area (Å²) in [6, 6.07) is 1.68. The molecule has 3 nitrogen and oxygen atoms in total. The van der Waals surface area contributed by atoms with Crippen LogP contribution in [0.3, 0.4) is 0 Å². The van der Waals surface area contributed by atoms with Gasteiger partial charge in [-0.15, -0.1) is 0 Å². The minimum absolute atomic E-state index is 0.0182. The number of hydrogen-bond acceptors (Lipinski definition) is 3. The van der Waals surface area contributed by atoms with E-state index in [1.165, 1.54) is 7.11 Å². The number of halogens is 2. The van der Waals surface area contributed by atoms with Crippen molar-refractivity contribution in [1.29, 1.82) is 0 Å². The van der Waals surface area contributed by atoms with Crippen molar-refractivity contribution in [3.05, 3.63) is 29.3 Å². The van der Waals surface area contributed by atoms with Crippen LogP contribution in [0.15, 0.2) is 17.3 Å². The maximum Gasteiger partial charge on any atom is 0.138 e. The smallest absolute Gasteiger partial charge is 0.138 e. The fourth-order valence-corrected chi connectivity index (χ4v) is 0.913. The second kappa shape index (κ2) is 3.84. The van der Waals surface area contributed by atoms with E-state index in [1.54, 1.807) is 0 Å². The molecule has 0 fully saturated rings. The van der Waals surface area contributed by atoms with Crippen molar-refractivity contribution in [2.24, 2.45) is 5.16 Å². The van der Waals surface area contributed by atoms with Crippen LogP contribution < -0.4 is 4.74 Å². The zero-order chi connectivity index (χ0) is 9.84. The fourth-order valence-electron chi connectivity index (χ4n) is 0.913. The summed E-state index contributed by atoms with van der Waals surface area (Å²) in [5, 5.41) is 10.8. The molecule has 0 heterocycles. The number of oxime groups is 1. The predicted molar refractivity (Wildman–Crippen MR) is 42.3 cm³/mol. The van der Waals surface area contributed by atoms with Crippen molar-refractivity contribution in [2.45, 2.75) is 0 Å². The van der Waals surface area contributed by atoms with E-state index in [1.807, 2.05) is 0 Å². The lowest BCUT2D eigenvalue weighted by Gasteiger charge is -2.04. The zero-order valence-corrected chi connectivity index (χ0v) is 6.79. The monoisotopic (exact) mass is 187 g/mol. The highest BCUT2D eigenvalue weighted by atomic mass is 19.1. The minimum atomic E-state index is -0.838. The Bertz CT molecular complexity index is 339. The Morgan fingerprint density at radius 2 is 2.15 bits per heavy atom. The molecule has 0 unspecified atom stereocenters. The lowest BCUT2D eigenvalue weighted by Crippen LogP contribution is -1.96. The van der Waals surface area contributed by atoms with Crippen LogP contribution in [-0.4, -0.2) is 18.5 Å². The molecule has 1 rings (SSSR count). The third kappa shape index (κ3) is 1.93. The van der Waals surface area contributed by atoms with Crippen molar-refractivity contribution < 1.29 is 18.7 Å². The second-order valence-corrected chi connectivity index (χ2v) is 2.25. The Morgan fingerprint density at radius 1 is 1.46 bits per heavy atom. The van der Waals surface area contributed by atoms with Gasteiger partial charge in [0.25, 0.3) is 0 Å². The average Bonchev–Trinajstić information content (AvgIpc) is 2.09. The van der Waals surface area contributed by atoms with Gasteiger partial charge in [-0.1, -0.05) is 5.16 Å². The van der Waals surface area contributed by atoms with Crippen LogP contribution >= 0.6 is 0 Å². The number of hydrogen-bond donors (Lipinski definition) is 1. The lowest BCUT2D eigenvalue weighted by molar-refractivity contribution is 0.321. The Morgan fingerprint density at radius 3 is 2.69 bits per heavy atom. The van der Waals surface area contributed by atoms with E-state index in [2.05, 4.69) is 9.89 Å². The Hall–Kier alpha value is -1.65. The number of rotatable bonds is 2. The van der Waals surface area contributed by atoms with Gasteiger partial charge in [-0.2, -0.15) is 0 Å². The highest BCUT2D eigenvalue weighted by molar-refractivity contribution is 5.83. The van der Waals surface area contributed by atoms with Crippen LogP contribution in [0.2, 0.25) is 0 Å². The van der Waals surface area contributed by atoms with E-state index in [9.17, 15) is 8.78 Å². The summed E-state index contributed by atoms with van der Waals surface area (Å²) in [4.78, 5) is 0. The van der Waals surface area contributed by atoms with Gasteiger partial charge < -0.3 is 9.94 Å². The molecule has 0 saturated heterocycles. The highest BCUT2D eigenvalue weighted by Gasteiger charge is 2.09.